The summed E-state index contributed by atoms with van der Waals surface area (Å²) in [4.78, 5) is 27.1. The first-order valence-corrected chi connectivity index (χ1v) is 10.6. The van der Waals surface area contributed by atoms with Gasteiger partial charge in [-0.3, -0.25) is 9.98 Å². The first-order chi connectivity index (χ1) is 15.7. The second-order valence-electron chi connectivity index (χ2n) is 7.66. The number of pyridine rings is 1. The third-order valence-electron chi connectivity index (χ3n) is 5.31. The molecule has 2 aromatic heterocycles. The van der Waals surface area contributed by atoms with Crippen molar-refractivity contribution in [1.82, 2.24) is 24.8 Å². The maximum Gasteiger partial charge on any atom is 0.328 e. The number of likely N-dealkylation sites (N-methyl/N-ethyl adjacent to an activating group) is 1. The van der Waals surface area contributed by atoms with Gasteiger partial charge in [-0.15, -0.1) is 0 Å². The Kier molecular flexibility index (Phi) is 5.71. The largest absolute Gasteiger partial charge is 0.424 e. The van der Waals surface area contributed by atoms with Gasteiger partial charge in [0.15, 0.2) is 0 Å². The topological polar surface area (TPSA) is 91.7 Å². The molecule has 1 fully saturated rings. The van der Waals surface area contributed by atoms with E-state index in [-0.39, 0.29) is 6.01 Å². The fourth-order valence-corrected chi connectivity index (χ4v) is 3.51. The predicted octanol–water partition coefficient (Wildman–Crippen LogP) is 2.72. The molecule has 1 aromatic carbocycles. The molecule has 9 nitrogen and oxygen atoms in total. The van der Waals surface area contributed by atoms with Gasteiger partial charge in [0, 0.05) is 37.9 Å². The van der Waals surface area contributed by atoms with Gasteiger partial charge in [-0.05, 0) is 37.4 Å². The van der Waals surface area contributed by atoms with E-state index in [1.807, 2.05) is 54.6 Å². The van der Waals surface area contributed by atoms with E-state index in [0.29, 0.717) is 30.0 Å². The SMILES string of the molecule is CN1CCN(c2nc(NC3=NCC(c4ccccn4)=C3)nc(Oc3ccccc3)n2)CC1. The molecule has 3 aromatic rings. The van der Waals surface area contributed by atoms with Crippen LogP contribution in [0.15, 0.2) is 65.8 Å². The number of anilines is 2. The standard InChI is InChI=1S/C23H24N8O/c1-30-11-13-31(14-12-30)22-27-21(28-23(29-22)32-18-7-3-2-4-8-18)26-20-15-17(16-25-20)19-9-5-6-10-24-19/h2-10,15H,11-14,16H2,1H3,(H,25,26,27,28,29). The zero-order valence-corrected chi connectivity index (χ0v) is 17.8. The number of piperazine rings is 1. The van der Waals surface area contributed by atoms with Gasteiger partial charge >= 0.3 is 6.01 Å². The van der Waals surface area contributed by atoms with Crippen molar-refractivity contribution in [2.75, 3.05) is 50.0 Å². The minimum absolute atomic E-state index is 0.246. The van der Waals surface area contributed by atoms with Crippen LogP contribution in [0.4, 0.5) is 11.9 Å². The highest BCUT2D eigenvalue weighted by Crippen LogP contribution is 2.23. The molecule has 0 bridgehead atoms. The summed E-state index contributed by atoms with van der Waals surface area (Å²) < 4.78 is 5.92. The fraction of sp³-hybridized carbons (Fsp3) is 0.261. The molecule has 4 heterocycles. The Hall–Kier alpha value is -3.85. The van der Waals surface area contributed by atoms with Crippen LogP contribution in [0, 0.1) is 0 Å². The van der Waals surface area contributed by atoms with Gasteiger partial charge in [-0.2, -0.15) is 15.0 Å². The molecule has 162 valence electrons. The van der Waals surface area contributed by atoms with E-state index < -0.39 is 0 Å². The number of nitrogens with one attached hydrogen (secondary N) is 1. The van der Waals surface area contributed by atoms with Crippen LogP contribution in [0.1, 0.15) is 5.69 Å². The van der Waals surface area contributed by atoms with Crippen LogP contribution in [-0.2, 0) is 0 Å². The zero-order chi connectivity index (χ0) is 21.8. The van der Waals surface area contributed by atoms with Gasteiger partial charge in [-0.25, -0.2) is 0 Å². The van der Waals surface area contributed by atoms with E-state index >= 15 is 0 Å². The Bertz CT molecular complexity index is 1130. The number of ether oxygens (including phenoxy) is 1. The molecule has 5 rings (SSSR count). The number of hydrogen-bond acceptors (Lipinski definition) is 9. The molecule has 0 saturated carbocycles. The molecule has 0 unspecified atom stereocenters. The van der Waals surface area contributed by atoms with Crippen LogP contribution in [0.3, 0.4) is 0 Å². The molecule has 0 radical (unpaired) electrons. The quantitative estimate of drug-likeness (QED) is 0.663. The highest BCUT2D eigenvalue weighted by atomic mass is 16.5. The lowest BCUT2D eigenvalue weighted by atomic mass is 10.2. The maximum absolute atomic E-state index is 5.92. The van der Waals surface area contributed by atoms with Crippen LogP contribution in [0.2, 0.25) is 0 Å². The summed E-state index contributed by atoms with van der Waals surface area (Å²) in [5.74, 6) is 2.35. The highest BCUT2D eigenvalue weighted by molar-refractivity contribution is 6.09. The second kappa shape index (κ2) is 9.11. The number of amidine groups is 1. The predicted molar refractivity (Wildman–Crippen MR) is 124 cm³/mol. The molecule has 9 heteroatoms. The van der Waals surface area contributed by atoms with Gasteiger partial charge in [-0.1, -0.05) is 24.3 Å². The summed E-state index contributed by atoms with van der Waals surface area (Å²) in [5, 5.41) is 3.22. The summed E-state index contributed by atoms with van der Waals surface area (Å²) in [7, 11) is 2.12. The first-order valence-electron chi connectivity index (χ1n) is 10.6. The van der Waals surface area contributed by atoms with Gasteiger partial charge in [0.2, 0.25) is 11.9 Å². The molecule has 1 N–H and O–H groups in total. The highest BCUT2D eigenvalue weighted by Gasteiger charge is 2.20. The van der Waals surface area contributed by atoms with Gasteiger partial charge in [0.25, 0.3) is 0 Å². The lowest BCUT2D eigenvalue weighted by Gasteiger charge is -2.32. The lowest BCUT2D eigenvalue weighted by Crippen LogP contribution is -2.45. The van der Waals surface area contributed by atoms with Crippen LogP contribution < -0.4 is 15.0 Å². The summed E-state index contributed by atoms with van der Waals surface area (Å²) >= 11 is 0. The van der Waals surface area contributed by atoms with Crippen molar-refractivity contribution < 1.29 is 4.74 Å². The third-order valence-corrected chi connectivity index (χ3v) is 5.31. The normalized spacial score (nSPS) is 16.5. The van der Waals surface area contributed by atoms with Crippen molar-refractivity contribution >= 4 is 23.3 Å². The van der Waals surface area contributed by atoms with E-state index in [2.05, 4.69) is 47.1 Å². The number of rotatable bonds is 5. The van der Waals surface area contributed by atoms with E-state index in [9.17, 15) is 0 Å². The number of nitrogens with zero attached hydrogens (tertiary/aromatic N) is 7. The van der Waals surface area contributed by atoms with Crippen molar-refractivity contribution in [3.63, 3.8) is 0 Å². The summed E-state index contributed by atoms with van der Waals surface area (Å²) in [6.07, 6.45) is 3.75. The maximum atomic E-state index is 5.92. The number of para-hydroxylation sites is 1. The second-order valence-corrected chi connectivity index (χ2v) is 7.66. The molecule has 2 aliphatic rings. The number of aromatic nitrogens is 4. The molecule has 0 amide bonds. The van der Waals surface area contributed by atoms with Gasteiger partial charge in [0.05, 0.1) is 12.2 Å². The van der Waals surface area contributed by atoms with E-state index in [1.54, 1.807) is 6.20 Å². The molecular weight excluding hydrogens is 404 g/mol. The molecule has 0 spiro atoms. The smallest absolute Gasteiger partial charge is 0.328 e. The number of aliphatic imine (C=N–C) groups is 1. The van der Waals surface area contributed by atoms with Crippen LogP contribution >= 0.6 is 0 Å². The Morgan fingerprint density at radius 2 is 1.72 bits per heavy atom. The molecule has 2 aliphatic heterocycles. The van der Waals surface area contributed by atoms with E-state index in [1.165, 1.54) is 0 Å². The van der Waals surface area contributed by atoms with Crippen molar-refractivity contribution in [1.29, 1.82) is 0 Å². The van der Waals surface area contributed by atoms with Crippen LogP contribution in [0.5, 0.6) is 11.8 Å². The Morgan fingerprint density at radius 3 is 2.50 bits per heavy atom. The van der Waals surface area contributed by atoms with Gasteiger partial charge in [0.1, 0.15) is 11.6 Å². The Labute approximate surface area is 186 Å². The van der Waals surface area contributed by atoms with Crippen LogP contribution in [-0.4, -0.2) is 70.4 Å². The van der Waals surface area contributed by atoms with Crippen molar-refractivity contribution in [3.05, 3.63) is 66.5 Å². The molecule has 1 saturated heterocycles. The zero-order valence-electron chi connectivity index (χ0n) is 17.8. The first kappa shape index (κ1) is 20.1. The minimum Gasteiger partial charge on any atom is -0.424 e. The molecular formula is C23H24N8O. The summed E-state index contributed by atoms with van der Waals surface area (Å²) in [6.45, 7) is 4.15. The summed E-state index contributed by atoms with van der Waals surface area (Å²) in [6, 6.07) is 15.6. The van der Waals surface area contributed by atoms with Crippen molar-refractivity contribution in [2.45, 2.75) is 0 Å². The lowest BCUT2D eigenvalue weighted by molar-refractivity contribution is 0.310. The average Bonchev–Trinajstić information content (AvgIpc) is 3.29. The minimum atomic E-state index is 0.246. The Morgan fingerprint density at radius 1 is 0.906 bits per heavy atom. The van der Waals surface area contributed by atoms with E-state index in [0.717, 1.165) is 37.4 Å². The van der Waals surface area contributed by atoms with Crippen molar-refractivity contribution in [3.8, 4) is 11.8 Å². The molecule has 0 atom stereocenters. The average molecular weight is 429 g/mol. The Balaban J connectivity index is 1.40. The molecule has 0 aliphatic carbocycles. The summed E-state index contributed by atoms with van der Waals surface area (Å²) in [5.41, 5.74) is 1.96. The fourth-order valence-electron chi connectivity index (χ4n) is 3.51. The van der Waals surface area contributed by atoms with E-state index in [4.69, 9.17) is 4.74 Å². The van der Waals surface area contributed by atoms with Crippen LogP contribution in [0.25, 0.3) is 5.57 Å². The number of benzene rings is 1. The number of hydrogen-bond donors (Lipinski definition) is 1. The van der Waals surface area contributed by atoms with Gasteiger partial charge < -0.3 is 19.9 Å². The van der Waals surface area contributed by atoms with Crippen molar-refractivity contribution in [2.24, 2.45) is 4.99 Å². The monoisotopic (exact) mass is 428 g/mol. The molecule has 32 heavy (non-hydrogen) atoms. The third kappa shape index (κ3) is 4.73.